The van der Waals surface area contributed by atoms with Gasteiger partial charge in [0.2, 0.25) is 0 Å². The number of aliphatic hydroxyl groups excluding tert-OH is 1. The highest BCUT2D eigenvalue weighted by Crippen LogP contribution is 2.29. The Morgan fingerprint density at radius 1 is 1.65 bits per heavy atom. The lowest BCUT2D eigenvalue weighted by molar-refractivity contribution is -0.0356. The molecule has 0 spiro atoms. The molecule has 3 atom stereocenters. The van der Waals surface area contributed by atoms with Crippen molar-refractivity contribution in [2.45, 2.75) is 31.8 Å². The minimum absolute atomic E-state index is 0.0172. The van der Waals surface area contributed by atoms with E-state index in [0.717, 1.165) is 4.57 Å². The van der Waals surface area contributed by atoms with E-state index in [1.165, 1.54) is 6.20 Å². The highest BCUT2D eigenvalue weighted by atomic mass is 19.1. The third kappa shape index (κ3) is 2.16. The molecule has 1 aliphatic rings. The molecule has 0 aliphatic carbocycles. The number of halogens is 1. The number of aromatic amines is 1. The summed E-state index contributed by atoms with van der Waals surface area (Å²) >= 11 is 0. The van der Waals surface area contributed by atoms with E-state index in [4.69, 9.17) is 9.84 Å². The fraction of sp³-hybridized carbons (Fsp3) is 0.600. The number of hydrogen-bond acceptors (Lipinski definition) is 4. The Hall–Kier alpha value is -1.47. The Kier molecular flexibility index (Phi) is 3.12. The second-order valence-electron chi connectivity index (χ2n) is 4.04. The summed E-state index contributed by atoms with van der Waals surface area (Å²) in [6, 6.07) is 0. The highest BCUT2D eigenvalue weighted by molar-refractivity contribution is 5.02. The molecule has 0 radical (unpaired) electrons. The lowest BCUT2D eigenvalue weighted by Crippen LogP contribution is -2.33. The molecule has 6 nitrogen and oxygen atoms in total. The molecule has 1 aliphatic heterocycles. The zero-order chi connectivity index (χ0) is 12.6. The summed E-state index contributed by atoms with van der Waals surface area (Å²) in [6.07, 6.45) is -1.71. The summed E-state index contributed by atoms with van der Waals surface area (Å²) in [5.41, 5.74) is -0.771. The van der Waals surface area contributed by atoms with Gasteiger partial charge in [0.25, 0.3) is 5.56 Å². The number of nitrogens with one attached hydrogen (secondary N) is 1. The summed E-state index contributed by atoms with van der Waals surface area (Å²) in [4.78, 5) is 24.8. The van der Waals surface area contributed by atoms with Crippen LogP contribution in [0.4, 0.5) is 4.39 Å². The maximum Gasteiger partial charge on any atom is 0.330 e. The normalized spacial score (nSPS) is 28.5. The van der Waals surface area contributed by atoms with E-state index < -0.39 is 36.4 Å². The van der Waals surface area contributed by atoms with Crippen molar-refractivity contribution >= 4 is 0 Å². The topological polar surface area (TPSA) is 84.3 Å². The molecule has 1 saturated heterocycles. The number of rotatable bonds is 2. The largest absolute Gasteiger partial charge is 0.394 e. The summed E-state index contributed by atoms with van der Waals surface area (Å²) < 4.78 is 19.7. The van der Waals surface area contributed by atoms with Gasteiger partial charge in [-0.2, -0.15) is 0 Å². The predicted molar refractivity (Wildman–Crippen MR) is 56.6 cm³/mol. The second kappa shape index (κ2) is 4.42. The first-order valence-electron chi connectivity index (χ1n) is 5.25. The number of nitrogens with zero attached hydrogens (tertiary/aromatic N) is 1. The summed E-state index contributed by atoms with van der Waals surface area (Å²) in [5, 5.41) is 8.86. The van der Waals surface area contributed by atoms with Crippen molar-refractivity contribution in [1.29, 1.82) is 0 Å². The molecule has 17 heavy (non-hydrogen) atoms. The van der Waals surface area contributed by atoms with Crippen LogP contribution in [-0.4, -0.2) is 33.5 Å². The molecule has 0 unspecified atom stereocenters. The lowest BCUT2D eigenvalue weighted by atomic mass is 10.2. The van der Waals surface area contributed by atoms with Crippen molar-refractivity contribution in [1.82, 2.24) is 9.55 Å². The minimum Gasteiger partial charge on any atom is -0.394 e. The van der Waals surface area contributed by atoms with Crippen molar-refractivity contribution in [3.8, 4) is 0 Å². The monoisotopic (exact) mass is 244 g/mol. The van der Waals surface area contributed by atoms with E-state index >= 15 is 0 Å². The molecule has 1 aromatic heterocycles. The number of H-pyrrole nitrogens is 1. The zero-order valence-electron chi connectivity index (χ0n) is 9.22. The van der Waals surface area contributed by atoms with Crippen LogP contribution in [0.1, 0.15) is 18.2 Å². The zero-order valence-corrected chi connectivity index (χ0v) is 9.22. The number of alkyl halides is 1. The van der Waals surface area contributed by atoms with Crippen molar-refractivity contribution < 1.29 is 14.2 Å². The highest BCUT2D eigenvalue weighted by Gasteiger charge is 2.36. The number of ether oxygens (including phenoxy) is 1. The smallest absolute Gasteiger partial charge is 0.330 e. The fourth-order valence-electron chi connectivity index (χ4n) is 1.82. The van der Waals surface area contributed by atoms with Crippen LogP contribution in [0.15, 0.2) is 15.8 Å². The van der Waals surface area contributed by atoms with Crippen molar-refractivity contribution in [2.24, 2.45) is 0 Å². The van der Waals surface area contributed by atoms with Crippen molar-refractivity contribution in [2.75, 3.05) is 6.61 Å². The molecule has 7 heteroatoms. The molecule has 0 amide bonds. The van der Waals surface area contributed by atoms with Gasteiger partial charge < -0.3 is 9.84 Å². The van der Waals surface area contributed by atoms with Gasteiger partial charge in [-0.1, -0.05) is 0 Å². The van der Waals surface area contributed by atoms with Crippen LogP contribution in [0.5, 0.6) is 0 Å². The molecule has 0 bridgehead atoms. The van der Waals surface area contributed by atoms with Crippen molar-refractivity contribution in [3.05, 3.63) is 32.6 Å². The van der Waals surface area contributed by atoms with E-state index in [1.807, 2.05) is 0 Å². The van der Waals surface area contributed by atoms with E-state index in [9.17, 15) is 14.0 Å². The quantitative estimate of drug-likeness (QED) is 0.732. The Morgan fingerprint density at radius 2 is 2.35 bits per heavy atom. The lowest BCUT2D eigenvalue weighted by Gasteiger charge is -2.14. The molecule has 0 saturated carbocycles. The molecule has 0 aromatic carbocycles. The van der Waals surface area contributed by atoms with Crippen LogP contribution in [0.3, 0.4) is 0 Å². The first kappa shape index (κ1) is 12.0. The van der Waals surface area contributed by atoms with Gasteiger partial charge in [-0.05, 0) is 6.92 Å². The van der Waals surface area contributed by atoms with Gasteiger partial charge in [0.15, 0.2) is 0 Å². The third-order valence-corrected chi connectivity index (χ3v) is 2.80. The van der Waals surface area contributed by atoms with Gasteiger partial charge >= 0.3 is 5.69 Å². The van der Waals surface area contributed by atoms with Crippen LogP contribution >= 0.6 is 0 Å². The minimum atomic E-state index is -1.32. The second-order valence-corrected chi connectivity index (χ2v) is 4.04. The number of hydrogen-bond donors (Lipinski definition) is 2. The molecule has 94 valence electrons. The summed E-state index contributed by atoms with van der Waals surface area (Å²) in [6.45, 7) is 1.11. The molecule has 2 rings (SSSR count). The SMILES string of the molecule is Cc1cn([C@@H]2C[C@@H](F)[C@H](CO)O2)c(=O)[nH]c1=O. The predicted octanol–water partition coefficient (Wildman–Crippen LogP) is -0.537. The molecule has 1 fully saturated rings. The van der Waals surface area contributed by atoms with Crippen LogP contribution in [0, 0.1) is 6.92 Å². The number of aromatic nitrogens is 2. The first-order valence-corrected chi connectivity index (χ1v) is 5.25. The molecular weight excluding hydrogens is 231 g/mol. The van der Waals surface area contributed by atoms with Gasteiger partial charge in [0.1, 0.15) is 18.5 Å². The van der Waals surface area contributed by atoms with Gasteiger partial charge in [-0.3, -0.25) is 14.3 Å². The number of aryl methyl sites for hydroxylation is 1. The number of aliphatic hydroxyl groups is 1. The van der Waals surface area contributed by atoms with E-state index in [-0.39, 0.29) is 6.42 Å². The Balaban J connectivity index is 2.34. The van der Waals surface area contributed by atoms with Gasteiger partial charge in [0, 0.05) is 18.2 Å². The summed E-state index contributed by atoms with van der Waals surface area (Å²) in [7, 11) is 0. The maximum atomic E-state index is 13.4. The van der Waals surface area contributed by atoms with Crippen molar-refractivity contribution in [3.63, 3.8) is 0 Å². The van der Waals surface area contributed by atoms with E-state index in [0.29, 0.717) is 5.56 Å². The molecule has 2 N–H and O–H groups in total. The summed E-state index contributed by atoms with van der Waals surface area (Å²) in [5.74, 6) is 0. The third-order valence-electron chi connectivity index (χ3n) is 2.80. The standard InChI is InChI=1S/C10H13FN2O4/c1-5-3-13(10(16)12-9(5)15)8-2-6(11)7(4-14)17-8/h3,6-8,14H,2,4H2,1H3,(H,12,15,16)/t6-,7+,8+/m1/s1. The Morgan fingerprint density at radius 3 is 2.94 bits per heavy atom. The maximum absolute atomic E-state index is 13.4. The van der Waals surface area contributed by atoms with Gasteiger partial charge in [0.05, 0.1) is 6.61 Å². The van der Waals surface area contributed by atoms with Gasteiger partial charge in [-0.15, -0.1) is 0 Å². The molecule has 1 aromatic rings. The fourth-order valence-corrected chi connectivity index (χ4v) is 1.82. The Labute approximate surface area is 95.7 Å². The van der Waals surface area contributed by atoms with Crippen LogP contribution in [0.2, 0.25) is 0 Å². The average molecular weight is 244 g/mol. The first-order chi connectivity index (χ1) is 8.02. The molecule has 2 heterocycles. The van der Waals surface area contributed by atoms with E-state index in [2.05, 4.69) is 4.98 Å². The average Bonchev–Trinajstić information content (AvgIpc) is 2.65. The Bertz CT molecular complexity index is 524. The van der Waals surface area contributed by atoms with Crippen LogP contribution in [0.25, 0.3) is 0 Å². The molecular formula is C10H13FN2O4. The van der Waals surface area contributed by atoms with Crippen LogP contribution < -0.4 is 11.2 Å². The van der Waals surface area contributed by atoms with E-state index in [1.54, 1.807) is 6.92 Å². The van der Waals surface area contributed by atoms with Gasteiger partial charge in [-0.25, -0.2) is 9.18 Å². The van der Waals surface area contributed by atoms with Crippen LogP contribution in [-0.2, 0) is 4.74 Å².